The monoisotopic (exact) mass is 470 g/mol. The minimum absolute atomic E-state index is 0.0394. The zero-order chi connectivity index (χ0) is 25.9. The minimum atomic E-state index is -0.993. The van der Waals surface area contributed by atoms with Crippen LogP contribution in [0, 0.1) is 5.92 Å². The number of hydrogen-bond donors (Lipinski definition) is 1. The Morgan fingerprint density at radius 3 is 2.09 bits per heavy atom. The summed E-state index contributed by atoms with van der Waals surface area (Å²) in [5.41, 5.74) is 1.87. The van der Waals surface area contributed by atoms with Gasteiger partial charge >= 0.3 is 17.9 Å². The van der Waals surface area contributed by atoms with E-state index in [-0.39, 0.29) is 18.8 Å². The number of unbranched alkanes of at least 4 members (excludes halogenated alkanes) is 1. The van der Waals surface area contributed by atoms with Gasteiger partial charge in [-0.05, 0) is 30.9 Å². The summed E-state index contributed by atoms with van der Waals surface area (Å²) in [7, 11) is 0. The number of benzene rings is 1. The van der Waals surface area contributed by atoms with Gasteiger partial charge in [0, 0.05) is 11.1 Å². The molecule has 1 unspecified atom stereocenters. The molecule has 0 amide bonds. The summed E-state index contributed by atoms with van der Waals surface area (Å²) in [4.78, 5) is 33.3. The van der Waals surface area contributed by atoms with Gasteiger partial charge in [0.25, 0.3) is 0 Å². The first-order valence-corrected chi connectivity index (χ1v) is 11.4. The number of carbonyl (C=O) groups is 3. The molecule has 0 fully saturated rings. The summed E-state index contributed by atoms with van der Waals surface area (Å²) in [6, 6.07) is 9.48. The molecule has 34 heavy (non-hydrogen) atoms. The number of carboxylic acid groups (broad SMARTS) is 1. The Labute approximate surface area is 203 Å². The van der Waals surface area contributed by atoms with Crippen LogP contribution in [0.5, 0.6) is 0 Å². The van der Waals surface area contributed by atoms with Crippen LogP contribution in [0.3, 0.4) is 0 Å². The van der Waals surface area contributed by atoms with E-state index < -0.39 is 17.9 Å². The number of hydrogen-bond acceptors (Lipinski definition) is 5. The fourth-order valence-corrected chi connectivity index (χ4v) is 2.70. The number of rotatable bonds is 14. The van der Waals surface area contributed by atoms with Gasteiger partial charge in [-0.25, -0.2) is 14.4 Å². The molecule has 0 aliphatic carbocycles. The molecule has 1 rings (SSSR count). The number of esters is 2. The fourth-order valence-electron chi connectivity index (χ4n) is 2.70. The highest BCUT2D eigenvalue weighted by Crippen LogP contribution is 2.21. The molecule has 0 saturated heterocycles. The molecule has 1 N–H and O–H groups in total. The van der Waals surface area contributed by atoms with Crippen LogP contribution in [-0.4, -0.2) is 36.2 Å². The van der Waals surface area contributed by atoms with Crippen LogP contribution in [0.1, 0.15) is 58.4 Å². The van der Waals surface area contributed by atoms with Crippen molar-refractivity contribution in [2.24, 2.45) is 5.92 Å². The van der Waals surface area contributed by atoms with Gasteiger partial charge in [0.15, 0.2) is 0 Å². The third kappa shape index (κ3) is 14.6. The van der Waals surface area contributed by atoms with Gasteiger partial charge < -0.3 is 14.6 Å². The van der Waals surface area contributed by atoms with Crippen molar-refractivity contribution in [1.29, 1.82) is 0 Å². The molecule has 6 heteroatoms. The molecular formula is C28H38O6. The molecule has 0 saturated carbocycles. The van der Waals surface area contributed by atoms with Crippen LogP contribution in [0.25, 0.3) is 6.08 Å². The Balaban J connectivity index is 0.000000712. The average molecular weight is 471 g/mol. The molecule has 0 aromatic heterocycles. The second-order valence-electron chi connectivity index (χ2n) is 7.85. The van der Waals surface area contributed by atoms with Crippen LogP contribution in [0.15, 0.2) is 72.9 Å². The second-order valence-corrected chi connectivity index (χ2v) is 7.85. The molecule has 0 bridgehead atoms. The third-order valence-corrected chi connectivity index (χ3v) is 4.82. The van der Waals surface area contributed by atoms with Crippen molar-refractivity contribution >= 4 is 24.0 Å². The van der Waals surface area contributed by atoms with Crippen LogP contribution in [0.4, 0.5) is 0 Å². The van der Waals surface area contributed by atoms with E-state index in [9.17, 15) is 14.4 Å². The maximum absolute atomic E-state index is 11.8. The maximum atomic E-state index is 11.8. The molecule has 186 valence electrons. The topological polar surface area (TPSA) is 89.9 Å². The first kappa shape index (κ1) is 30.6. The number of carbonyl (C=O) groups excluding carboxylic acids is 2. The van der Waals surface area contributed by atoms with Crippen molar-refractivity contribution in [1.82, 2.24) is 0 Å². The largest absolute Gasteiger partial charge is 0.478 e. The van der Waals surface area contributed by atoms with Crippen LogP contribution in [0.2, 0.25) is 0 Å². The standard InChI is InChI=1S/C17H28O4.C11H10O2/c1-6-8-9-15(7-2)12-14(5)17(19)21-11-10-20-16(18)13(3)4;1-9(11(12)13)7-8-10-5-3-2-4-6-10/h15H,3,5-12H2,1-2,4H3;2-8H,1H2,(H,12,13). The summed E-state index contributed by atoms with van der Waals surface area (Å²) in [5, 5.41) is 8.51. The fraction of sp³-hybridized carbons (Fsp3) is 0.393. The quantitative estimate of drug-likeness (QED) is 0.152. The van der Waals surface area contributed by atoms with E-state index in [4.69, 9.17) is 14.6 Å². The molecule has 0 aliphatic rings. The predicted octanol–water partition coefficient (Wildman–Crippen LogP) is 6.15. The number of aliphatic carboxylic acids is 1. The first-order chi connectivity index (χ1) is 16.1. The highest BCUT2D eigenvalue weighted by Gasteiger charge is 2.14. The van der Waals surface area contributed by atoms with E-state index >= 15 is 0 Å². The van der Waals surface area contributed by atoms with E-state index in [1.165, 1.54) is 6.08 Å². The van der Waals surface area contributed by atoms with Gasteiger partial charge in [0.1, 0.15) is 13.2 Å². The molecule has 1 aromatic carbocycles. The smallest absolute Gasteiger partial charge is 0.335 e. The Morgan fingerprint density at radius 1 is 1.00 bits per heavy atom. The zero-order valence-electron chi connectivity index (χ0n) is 20.7. The van der Waals surface area contributed by atoms with Crippen LogP contribution >= 0.6 is 0 Å². The number of ether oxygens (including phenoxy) is 2. The average Bonchev–Trinajstić information content (AvgIpc) is 2.83. The lowest BCUT2D eigenvalue weighted by molar-refractivity contribution is -0.147. The third-order valence-electron chi connectivity index (χ3n) is 4.82. The molecule has 1 atom stereocenters. The SMILES string of the molecule is C=C(C)C(=O)OCCOC(=O)C(=C)CC(CC)CCCC.C=C(C=Cc1ccccc1)C(=O)O. The van der Waals surface area contributed by atoms with Crippen LogP contribution in [-0.2, 0) is 23.9 Å². The first-order valence-electron chi connectivity index (χ1n) is 11.4. The molecule has 6 nitrogen and oxygen atoms in total. The molecule has 0 heterocycles. The number of carboxylic acids is 1. The molecule has 0 spiro atoms. The van der Waals surface area contributed by atoms with Gasteiger partial charge in [-0.15, -0.1) is 0 Å². The van der Waals surface area contributed by atoms with E-state index in [1.54, 1.807) is 13.0 Å². The lowest BCUT2D eigenvalue weighted by Crippen LogP contribution is -2.16. The van der Waals surface area contributed by atoms with E-state index in [2.05, 4.69) is 33.6 Å². The van der Waals surface area contributed by atoms with Crippen LogP contribution < -0.4 is 0 Å². The molecule has 1 aromatic rings. The van der Waals surface area contributed by atoms with Crippen molar-refractivity contribution in [3.63, 3.8) is 0 Å². The lowest BCUT2D eigenvalue weighted by Gasteiger charge is -2.15. The Hall–Kier alpha value is -3.41. The summed E-state index contributed by atoms with van der Waals surface area (Å²) in [6.45, 7) is 16.6. The minimum Gasteiger partial charge on any atom is -0.478 e. The summed E-state index contributed by atoms with van der Waals surface area (Å²) < 4.78 is 9.88. The Kier molecular flexibility index (Phi) is 16.3. The summed E-state index contributed by atoms with van der Waals surface area (Å²) in [6.07, 6.45) is 8.33. The van der Waals surface area contributed by atoms with Gasteiger partial charge in [-0.1, -0.05) is 95.7 Å². The second kappa shape index (κ2) is 18.1. The van der Waals surface area contributed by atoms with Gasteiger partial charge in [0.2, 0.25) is 0 Å². The van der Waals surface area contributed by atoms with E-state index in [0.717, 1.165) is 31.2 Å². The van der Waals surface area contributed by atoms with Crippen molar-refractivity contribution in [3.8, 4) is 0 Å². The predicted molar refractivity (Wildman–Crippen MR) is 136 cm³/mol. The van der Waals surface area contributed by atoms with Gasteiger partial charge in [-0.3, -0.25) is 0 Å². The maximum Gasteiger partial charge on any atom is 0.335 e. The normalized spacial score (nSPS) is 11.0. The highest BCUT2D eigenvalue weighted by atomic mass is 16.6. The molecular weight excluding hydrogens is 432 g/mol. The molecule has 0 radical (unpaired) electrons. The van der Waals surface area contributed by atoms with Gasteiger partial charge in [0.05, 0.1) is 5.57 Å². The van der Waals surface area contributed by atoms with Gasteiger partial charge in [-0.2, -0.15) is 0 Å². The van der Waals surface area contributed by atoms with E-state index in [1.807, 2.05) is 30.3 Å². The van der Waals surface area contributed by atoms with Crippen molar-refractivity contribution in [2.75, 3.05) is 13.2 Å². The summed E-state index contributed by atoms with van der Waals surface area (Å²) in [5.74, 6) is -1.40. The summed E-state index contributed by atoms with van der Waals surface area (Å²) >= 11 is 0. The van der Waals surface area contributed by atoms with Crippen molar-refractivity contribution < 1.29 is 29.0 Å². The highest BCUT2D eigenvalue weighted by molar-refractivity contribution is 5.90. The van der Waals surface area contributed by atoms with Crippen molar-refractivity contribution in [3.05, 3.63) is 78.4 Å². The Bertz CT molecular complexity index is 851. The molecule has 0 aliphatic heterocycles. The zero-order valence-corrected chi connectivity index (χ0v) is 20.7. The Morgan fingerprint density at radius 2 is 1.59 bits per heavy atom. The lowest BCUT2D eigenvalue weighted by atomic mass is 9.92. The van der Waals surface area contributed by atoms with E-state index in [0.29, 0.717) is 23.5 Å². The van der Waals surface area contributed by atoms with Crippen molar-refractivity contribution in [2.45, 2.75) is 52.9 Å².